The van der Waals surface area contributed by atoms with Crippen molar-refractivity contribution in [1.29, 1.82) is 0 Å². The average molecular weight is 264 g/mol. The first-order valence-electron chi connectivity index (χ1n) is 6.00. The van der Waals surface area contributed by atoms with Crippen LogP contribution in [0.15, 0.2) is 18.2 Å². The lowest BCUT2D eigenvalue weighted by Gasteiger charge is -2.20. The van der Waals surface area contributed by atoms with Crippen molar-refractivity contribution in [2.24, 2.45) is 0 Å². The molecule has 0 unspecified atom stereocenters. The first-order chi connectivity index (χ1) is 9.01. The van der Waals surface area contributed by atoms with Crippen molar-refractivity contribution < 1.29 is 19.5 Å². The predicted molar refractivity (Wildman–Crippen MR) is 66.9 cm³/mol. The highest BCUT2D eigenvalue weighted by molar-refractivity contribution is 5.93. The van der Waals surface area contributed by atoms with Crippen molar-refractivity contribution in [2.75, 3.05) is 6.54 Å². The molecule has 2 amide bonds. The standard InChI is InChI=1S/C13H16N2O4/c1-8-6-15(9(2)16)7-11-4-3-10(13(17)14-18)5-12(11)19-8/h3-5,8,18H,6-7H2,1-2H3,(H,14,17)/t8-/m0/s1. The van der Waals surface area contributed by atoms with E-state index in [0.29, 0.717) is 24.4 Å². The summed E-state index contributed by atoms with van der Waals surface area (Å²) in [5, 5.41) is 8.62. The van der Waals surface area contributed by atoms with Crippen molar-refractivity contribution in [2.45, 2.75) is 26.5 Å². The van der Waals surface area contributed by atoms with Gasteiger partial charge in [0.1, 0.15) is 11.9 Å². The molecule has 1 atom stereocenters. The van der Waals surface area contributed by atoms with Crippen molar-refractivity contribution in [3.63, 3.8) is 0 Å². The molecule has 2 N–H and O–H groups in total. The van der Waals surface area contributed by atoms with Gasteiger partial charge < -0.3 is 9.64 Å². The van der Waals surface area contributed by atoms with Crippen LogP contribution in [-0.2, 0) is 11.3 Å². The van der Waals surface area contributed by atoms with Gasteiger partial charge in [-0.2, -0.15) is 0 Å². The highest BCUT2D eigenvalue weighted by Crippen LogP contribution is 2.26. The van der Waals surface area contributed by atoms with Crippen molar-refractivity contribution in [3.8, 4) is 5.75 Å². The Morgan fingerprint density at radius 3 is 2.84 bits per heavy atom. The van der Waals surface area contributed by atoms with Crippen LogP contribution in [0.1, 0.15) is 29.8 Å². The maximum absolute atomic E-state index is 11.5. The summed E-state index contributed by atoms with van der Waals surface area (Å²) in [5.41, 5.74) is 2.73. The van der Waals surface area contributed by atoms with Crippen LogP contribution >= 0.6 is 0 Å². The summed E-state index contributed by atoms with van der Waals surface area (Å²) in [6.45, 7) is 4.34. The molecule has 0 aliphatic carbocycles. The molecule has 102 valence electrons. The molecule has 0 spiro atoms. The van der Waals surface area contributed by atoms with E-state index in [-0.39, 0.29) is 12.0 Å². The van der Waals surface area contributed by atoms with Crippen LogP contribution in [0.5, 0.6) is 5.75 Å². The van der Waals surface area contributed by atoms with E-state index in [1.165, 1.54) is 6.92 Å². The van der Waals surface area contributed by atoms with Gasteiger partial charge in [-0.1, -0.05) is 6.07 Å². The largest absolute Gasteiger partial charge is 0.488 e. The minimum Gasteiger partial charge on any atom is -0.488 e. The summed E-state index contributed by atoms with van der Waals surface area (Å²) in [7, 11) is 0. The molecule has 6 heteroatoms. The molecule has 1 heterocycles. The number of nitrogens with zero attached hydrogens (tertiary/aromatic N) is 1. The minimum atomic E-state index is -0.591. The topological polar surface area (TPSA) is 78.9 Å². The third-order valence-electron chi connectivity index (χ3n) is 3.04. The fourth-order valence-electron chi connectivity index (χ4n) is 2.08. The first kappa shape index (κ1) is 13.4. The molecule has 1 aromatic rings. The van der Waals surface area contributed by atoms with Crippen molar-refractivity contribution in [1.82, 2.24) is 10.4 Å². The summed E-state index contributed by atoms with van der Waals surface area (Å²) in [4.78, 5) is 24.6. The third-order valence-corrected chi connectivity index (χ3v) is 3.04. The fraction of sp³-hybridized carbons (Fsp3) is 0.385. The number of fused-ring (bicyclic) bond motifs is 1. The number of hydrogen-bond donors (Lipinski definition) is 2. The normalized spacial score (nSPS) is 18.1. The number of rotatable bonds is 1. The molecule has 0 saturated carbocycles. The minimum absolute atomic E-state index is 0.0134. The highest BCUT2D eigenvalue weighted by atomic mass is 16.5. The van der Waals surface area contributed by atoms with Gasteiger partial charge in [0.2, 0.25) is 5.91 Å². The van der Waals surface area contributed by atoms with E-state index in [2.05, 4.69) is 0 Å². The Kier molecular flexibility index (Phi) is 3.71. The monoisotopic (exact) mass is 264 g/mol. The van der Waals surface area contributed by atoms with Gasteiger partial charge in [0.15, 0.2) is 0 Å². The average Bonchev–Trinajstić information content (AvgIpc) is 2.54. The third kappa shape index (κ3) is 2.85. The summed E-state index contributed by atoms with van der Waals surface area (Å²) in [6, 6.07) is 4.89. The molecule has 1 aliphatic heterocycles. The Morgan fingerprint density at radius 1 is 1.47 bits per heavy atom. The molecule has 1 aliphatic rings. The summed E-state index contributed by atoms with van der Waals surface area (Å²) >= 11 is 0. The maximum Gasteiger partial charge on any atom is 0.274 e. The summed E-state index contributed by atoms with van der Waals surface area (Å²) < 4.78 is 5.72. The van der Waals surface area contributed by atoms with Gasteiger partial charge in [-0.05, 0) is 19.1 Å². The number of benzene rings is 1. The first-order valence-corrected chi connectivity index (χ1v) is 6.00. The lowest BCUT2D eigenvalue weighted by atomic mass is 10.1. The molecule has 6 nitrogen and oxygen atoms in total. The van der Waals surface area contributed by atoms with Gasteiger partial charge >= 0.3 is 0 Å². The van der Waals surface area contributed by atoms with Crippen LogP contribution in [0.3, 0.4) is 0 Å². The van der Waals surface area contributed by atoms with E-state index < -0.39 is 5.91 Å². The highest BCUT2D eigenvalue weighted by Gasteiger charge is 2.22. The van der Waals surface area contributed by atoms with Gasteiger partial charge in [0.05, 0.1) is 6.54 Å². The summed E-state index contributed by atoms with van der Waals surface area (Å²) in [5.74, 6) is -0.0375. The van der Waals surface area contributed by atoms with Crippen LogP contribution in [-0.4, -0.2) is 34.6 Å². The van der Waals surface area contributed by atoms with E-state index in [1.807, 2.05) is 6.92 Å². The second kappa shape index (κ2) is 5.27. The number of hydroxylamine groups is 1. The van der Waals surface area contributed by atoms with Crippen LogP contribution in [0, 0.1) is 0 Å². The molecule has 0 aromatic heterocycles. The quantitative estimate of drug-likeness (QED) is 0.584. The number of amides is 2. The van der Waals surface area contributed by atoms with E-state index >= 15 is 0 Å². The van der Waals surface area contributed by atoms with E-state index in [4.69, 9.17) is 9.94 Å². The lowest BCUT2D eigenvalue weighted by Crippen LogP contribution is -2.34. The SMILES string of the molecule is CC(=O)N1Cc2ccc(C(=O)NO)cc2O[C@@H](C)C1. The Balaban J connectivity index is 2.35. The van der Waals surface area contributed by atoms with E-state index in [1.54, 1.807) is 28.6 Å². The molecule has 1 aromatic carbocycles. The zero-order valence-electron chi connectivity index (χ0n) is 10.8. The van der Waals surface area contributed by atoms with Crippen molar-refractivity contribution in [3.05, 3.63) is 29.3 Å². The fourth-order valence-corrected chi connectivity index (χ4v) is 2.08. The molecular weight excluding hydrogens is 248 g/mol. The molecule has 0 bridgehead atoms. The zero-order valence-corrected chi connectivity index (χ0v) is 10.8. The van der Waals surface area contributed by atoms with Crippen LogP contribution < -0.4 is 10.2 Å². The second-order valence-electron chi connectivity index (χ2n) is 4.59. The molecule has 0 radical (unpaired) electrons. The van der Waals surface area contributed by atoms with Crippen LogP contribution in [0.4, 0.5) is 0 Å². The van der Waals surface area contributed by atoms with Gasteiger partial charge in [0.25, 0.3) is 5.91 Å². The molecule has 0 saturated heterocycles. The molecule has 2 rings (SSSR count). The van der Waals surface area contributed by atoms with Gasteiger partial charge in [-0.15, -0.1) is 0 Å². The smallest absolute Gasteiger partial charge is 0.274 e. The number of ether oxygens (including phenoxy) is 1. The second-order valence-corrected chi connectivity index (χ2v) is 4.59. The Bertz CT molecular complexity index is 515. The van der Waals surface area contributed by atoms with Crippen molar-refractivity contribution >= 4 is 11.8 Å². The Morgan fingerprint density at radius 2 is 2.21 bits per heavy atom. The maximum atomic E-state index is 11.5. The van der Waals surface area contributed by atoms with E-state index in [9.17, 15) is 9.59 Å². The molecule has 0 fully saturated rings. The van der Waals surface area contributed by atoms with E-state index in [0.717, 1.165) is 5.56 Å². The number of hydrogen-bond acceptors (Lipinski definition) is 4. The number of nitrogens with one attached hydrogen (secondary N) is 1. The lowest BCUT2D eigenvalue weighted by molar-refractivity contribution is -0.130. The molecular formula is C13H16N2O4. The number of carbonyl (C=O) groups excluding carboxylic acids is 2. The van der Waals surface area contributed by atoms with Gasteiger partial charge in [-0.3, -0.25) is 14.8 Å². The summed E-state index contributed by atoms with van der Waals surface area (Å²) in [6.07, 6.45) is -0.155. The Labute approximate surface area is 110 Å². The molecule has 19 heavy (non-hydrogen) atoms. The zero-order chi connectivity index (χ0) is 14.0. The van der Waals surface area contributed by atoms with Gasteiger partial charge in [0, 0.05) is 24.6 Å². The van der Waals surface area contributed by atoms with Crippen LogP contribution in [0.2, 0.25) is 0 Å². The number of carbonyl (C=O) groups is 2. The van der Waals surface area contributed by atoms with Gasteiger partial charge in [-0.25, -0.2) is 5.48 Å². The Hall–Kier alpha value is -2.08. The predicted octanol–water partition coefficient (Wildman–Crippen LogP) is 0.935. The van der Waals surface area contributed by atoms with Crippen LogP contribution in [0.25, 0.3) is 0 Å².